The second-order valence-corrected chi connectivity index (χ2v) is 9.40. The molecule has 12 nitrogen and oxygen atoms in total. The monoisotopic (exact) mass is 496 g/mol. The molecule has 0 fully saturated rings. The molecule has 2 aromatic heterocycles. The van der Waals surface area contributed by atoms with Crippen LogP contribution in [0.1, 0.15) is 18.1 Å². The lowest BCUT2D eigenvalue weighted by atomic mass is 10.1. The first-order valence-electron chi connectivity index (χ1n) is 10.4. The van der Waals surface area contributed by atoms with E-state index < -0.39 is 20.9 Å². The number of fused-ring (bicyclic) bond motifs is 1. The molecule has 180 valence electrons. The predicted molar refractivity (Wildman–Crippen MR) is 126 cm³/mol. The SMILES string of the molecule is CC(=O)Nc1nc(OCCc2ccc([N+](=O)[O-])cc2)c2ncn(S(=O)(=O)c3ccc(C)cc3)c2n1. The molecule has 0 aliphatic rings. The van der Waals surface area contributed by atoms with E-state index in [1.165, 1.54) is 31.2 Å². The van der Waals surface area contributed by atoms with Crippen LogP contribution in [-0.4, -0.2) is 44.8 Å². The van der Waals surface area contributed by atoms with Crippen LogP contribution in [-0.2, 0) is 21.2 Å². The number of nitro benzene ring substituents is 1. The largest absolute Gasteiger partial charge is 0.476 e. The van der Waals surface area contributed by atoms with Gasteiger partial charge in [0.2, 0.25) is 17.7 Å². The normalized spacial score (nSPS) is 11.4. The van der Waals surface area contributed by atoms with Gasteiger partial charge in [-0.3, -0.25) is 20.2 Å². The first-order valence-corrected chi connectivity index (χ1v) is 11.8. The molecule has 0 spiro atoms. The number of anilines is 1. The summed E-state index contributed by atoms with van der Waals surface area (Å²) >= 11 is 0. The average molecular weight is 497 g/mol. The number of amides is 1. The van der Waals surface area contributed by atoms with Crippen LogP contribution in [0.25, 0.3) is 11.2 Å². The van der Waals surface area contributed by atoms with Crippen LogP contribution in [0.4, 0.5) is 11.6 Å². The highest BCUT2D eigenvalue weighted by Gasteiger charge is 2.24. The molecule has 2 heterocycles. The Labute approximate surface area is 199 Å². The highest BCUT2D eigenvalue weighted by Crippen LogP contribution is 2.26. The maximum Gasteiger partial charge on any atom is 0.270 e. The van der Waals surface area contributed by atoms with E-state index in [4.69, 9.17) is 4.74 Å². The minimum absolute atomic E-state index is 0.0153. The Hall–Kier alpha value is -4.39. The third kappa shape index (κ3) is 5.09. The number of rotatable bonds is 8. The number of carbonyl (C=O) groups is 1. The van der Waals surface area contributed by atoms with Crippen molar-refractivity contribution in [1.29, 1.82) is 0 Å². The maximum absolute atomic E-state index is 13.2. The van der Waals surface area contributed by atoms with Gasteiger partial charge in [-0.25, -0.2) is 17.4 Å². The molecule has 4 aromatic rings. The van der Waals surface area contributed by atoms with Crippen LogP contribution < -0.4 is 10.1 Å². The average Bonchev–Trinajstić information content (AvgIpc) is 3.24. The zero-order valence-corrected chi connectivity index (χ0v) is 19.5. The number of ether oxygens (including phenoxy) is 1. The molecule has 35 heavy (non-hydrogen) atoms. The third-order valence-electron chi connectivity index (χ3n) is 4.98. The fourth-order valence-corrected chi connectivity index (χ4v) is 4.45. The number of carbonyl (C=O) groups excluding carboxylic acids is 1. The van der Waals surface area contributed by atoms with Crippen molar-refractivity contribution in [1.82, 2.24) is 18.9 Å². The maximum atomic E-state index is 13.2. The number of aryl methyl sites for hydroxylation is 1. The molecular weight excluding hydrogens is 476 g/mol. The standard InChI is InChI=1S/C22H20N6O6S/c1-14-3-9-18(10-4-14)35(32,33)27-13-23-19-20(27)25-22(24-15(2)29)26-21(19)34-12-11-16-5-7-17(8-6-16)28(30)31/h3-10,13H,11-12H2,1-2H3,(H,24,25,26,29). The van der Waals surface area contributed by atoms with E-state index >= 15 is 0 Å². The van der Waals surface area contributed by atoms with Crippen molar-refractivity contribution < 1.29 is 22.9 Å². The van der Waals surface area contributed by atoms with Crippen LogP contribution in [0, 0.1) is 17.0 Å². The van der Waals surface area contributed by atoms with Crippen LogP contribution in [0.5, 0.6) is 5.88 Å². The van der Waals surface area contributed by atoms with Crippen molar-refractivity contribution in [2.24, 2.45) is 0 Å². The summed E-state index contributed by atoms with van der Waals surface area (Å²) < 4.78 is 33.1. The summed E-state index contributed by atoms with van der Waals surface area (Å²) in [5, 5.41) is 13.2. The zero-order chi connectivity index (χ0) is 25.2. The number of imidazole rings is 1. The van der Waals surface area contributed by atoms with E-state index in [1.54, 1.807) is 24.3 Å². The summed E-state index contributed by atoms with van der Waals surface area (Å²) in [6.45, 7) is 3.22. The van der Waals surface area contributed by atoms with Gasteiger partial charge in [0.1, 0.15) is 6.33 Å². The Morgan fingerprint density at radius 3 is 2.43 bits per heavy atom. The smallest absolute Gasteiger partial charge is 0.270 e. The van der Waals surface area contributed by atoms with E-state index in [0.717, 1.165) is 21.4 Å². The number of aromatic nitrogens is 4. The Morgan fingerprint density at radius 1 is 1.11 bits per heavy atom. The fraction of sp³-hybridized carbons (Fsp3) is 0.182. The van der Waals surface area contributed by atoms with Gasteiger partial charge in [-0.05, 0) is 24.6 Å². The summed E-state index contributed by atoms with van der Waals surface area (Å²) in [6, 6.07) is 12.3. The van der Waals surface area contributed by atoms with Crippen molar-refractivity contribution in [3.63, 3.8) is 0 Å². The van der Waals surface area contributed by atoms with E-state index in [9.17, 15) is 23.3 Å². The molecule has 1 N–H and O–H groups in total. The van der Waals surface area contributed by atoms with Gasteiger partial charge in [-0.2, -0.15) is 9.97 Å². The van der Waals surface area contributed by atoms with Crippen molar-refractivity contribution >= 4 is 38.7 Å². The second kappa shape index (κ2) is 9.46. The minimum Gasteiger partial charge on any atom is -0.476 e. The summed E-state index contributed by atoms with van der Waals surface area (Å²) in [6.07, 6.45) is 1.50. The number of benzene rings is 2. The van der Waals surface area contributed by atoms with Crippen LogP contribution in [0.2, 0.25) is 0 Å². The van der Waals surface area contributed by atoms with E-state index in [-0.39, 0.29) is 40.2 Å². The van der Waals surface area contributed by atoms with Gasteiger partial charge in [0.15, 0.2) is 11.2 Å². The van der Waals surface area contributed by atoms with E-state index in [2.05, 4.69) is 20.3 Å². The lowest BCUT2D eigenvalue weighted by Gasteiger charge is -2.10. The van der Waals surface area contributed by atoms with Crippen molar-refractivity contribution in [3.8, 4) is 5.88 Å². The molecule has 4 rings (SSSR count). The molecule has 0 saturated heterocycles. The zero-order valence-electron chi connectivity index (χ0n) is 18.7. The molecule has 13 heteroatoms. The molecule has 0 radical (unpaired) electrons. The summed E-state index contributed by atoms with van der Waals surface area (Å²) in [4.78, 5) is 34.4. The quantitative estimate of drug-likeness (QED) is 0.286. The van der Waals surface area contributed by atoms with Crippen molar-refractivity contribution in [2.75, 3.05) is 11.9 Å². The molecule has 0 aliphatic carbocycles. The molecule has 0 unspecified atom stereocenters. The first kappa shape index (κ1) is 23.8. The highest BCUT2D eigenvalue weighted by molar-refractivity contribution is 7.90. The van der Waals surface area contributed by atoms with Crippen LogP contribution in [0.15, 0.2) is 59.8 Å². The summed E-state index contributed by atoms with van der Waals surface area (Å²) in [5.74, 6) is -0.608. The van der Waals surface area contributed by atoms with Gasteiger partial charge in [0.25, 0.3) is 15.7 Å². The third-order valence-corrected chi connectivity index (χ3v) is 6.63. The number of nitrogens with one attached hydrogen (secondary N) is 1. The van der Waals surface area contributed by atoms with Gasteiger partial charge < -0.3 is 4.74 Å². The first-order chi connectivity index (χ1) is 16.6. The highest BCUT2D eigenvalue weighted by atomic mass is 32.2. The molecule has 0 atom stereocenters. The number of nitrogens with zero attached hydrogens (tertiary/aromatic N) is 5. The number of nitro groups is 1. The molecule has 0 saturated carbocycles. The number of hydrogen-bond donors (Lipinski definition) is 1. The van der Waals surface area contributed by atoms with Crippen LogP contribution in [0.3, 0.4) is 0 Å². The fourth-order valence-electron chi connectivity index (χ4n) is 3.22. The molecule has 0 bridgehead atoms. The van der Waals surface area contributed by atoms with Gasteiger partial charge in [0, 0.05) is 25.5 Å². The predicted octanol–water partition coefficient (Wildman–Crippen LogP) is 2.86. The van der Waals surface area contributed by atoms with Gasteiger partial charge in [-0.1, -0.05) is 29.8 Å². The van der Waals surface area contributed by atoms with E-state index in [1.807, 2.05) is 6.92 Å². The lowest BCUT2D eigenvalue weighted by molar-refractivity contribution is -0.384. The molecule has 0 aliphatic heterocycles. The second-order valence-electron chi connectivity index (χ2n) is 7.59. The minimum atomic E-state index is -4.04. The number of non-ortho nitro benzene ring substituents is 1. The Morgan fingerprint density at radius 2 is 1.80 bits per heavy atom. The molecular formula is C22H20N6O6S. The van der Waals surface area contributed by atoms with Gasteiger partial charge >= 0.3 is 0 Å². The molecule has 2 aromatic carbocycles. The van der Waals surface area contributed by atoms with E-state index in [0.29, 0.717) is 6.42 Å². The Kier molecular flexibility index (Phi) is 6.42. The van der Waals surface area contributed by atoms with Crippen molar-refractivity contribution in [3.05, 3.63) is 76.1 Å². The number of hydrogen-bond acceptors (Lipinski definition) is 9. The van der Waals surface area contributed by atoms with Gasteiger partial charge in [0.05, 0.1) is 16.4 Å². The Balaban J connectivity index is 1.66. The topological polar surface area (TPSA) is 159 Å². The summed E-state index contributed by atoms with van der Waals surface area (Å²) in [5.41, 5.74) is 1.70. The summed E-state index contributed by atoms with van der Waals surface area (Å²) in [7, 11) is -4.04. The Bertz CT molecular complexity index is 1510. The van der Waals surface area contributed by atoms with Crippen LogP contribution >= 0.6 is 0 Å². The van der Waals surface area contributed by atoms with Gasteiger partial charge in [-0.15, -0.1) is 0 Å². The molecule has 1 amide bonds. The lowest BCUT2D eigenvalue weighted by Crippen LogP contribution is -2.15. The van der Waals surface area contributed by atoms with Crippen molar-refractivity contribution in [2.45, 2.75) is 25.2 Å².